The molecule has 0 fully saturated rings. The number of allylic oxidation sites excluding steroid dienone is 1. The van der Waals surface area contributed by atoms with E-state index in [4.69, 9.17) is 0 Å². The van der Waals surface area contributed by atoms with E-state index in [1.54, 1.807) is 0 Å². The molecular weight excluding hydrogens is 170 g/mol. The summed E-state index contributed by atoms with van der Waals surface area (Å²) in [5.74, 6) is 1.55. The molecule has 0 aromatic rings. The maximum Gasteiger partial charge on any atom is 0.0166 e. The highest BCUT2D eigenvalue weighted by atomic mass is 14.9. The lowest BCUT2D eigenvalue weighted by atomic mass is 10.0. The number of nitrogens with one attached hydrogen (secondary N) is 1. The third kappa shape index (κ3) is 9.63. The number of rotatable bonds is 8. The Morgan fingerprint density at radius 1 is 1.07 bits per heavy atom. The van der Waals surface area contributed by atoms with Gasteiger partial charge in [-0.3, -0.25) is 0 Å². The van der Waals surface area contributed by atoms with E-state index >= 15 is 0 Å². The molecule has 14 heavy (non-hydrogen) atoms. The van der Waals surface area contributed by atoms with Crippen molar-refractivity contribution < 1.29 is 0 Å². The second kappa shape index (κ2) is 7.90. The SMILES string of the molecule is C=C(CCCCC(C)C)NCC(C)C. The summed E-state index contributed by atoms with van der Waals surface area (Å²) in [7, 11) is 0. The van der Waals surface area contributed by atoms with Crippen LogP contribution in [0.4, 0.5) is 0 Å². The minimum Gasteiger partial charge on any atom is -0.389 e. The number of hydrogen-bond donors (Lipinski definition) is 1. The molecule has 1 heteroatoms. The fourth-order valence-electron chi connectivity index (χ4n) is 1.33. The summed E-state index contributed by atoms with van der Waals surface area (Å²) in [5, 5.41) is 3.38. The van der Waals surface area contributed by atoms with Crippen molar-refractivity contribution in [2.45, 2.75) is 53.4 Å². The van der Waals surface area contributed by atoms with Gasteiger partial charge in [-0.1, -0.05) is 47.1 Å². The van der Waals surface area contributed by atoms with Crippen LogP contribution in [0.15, 0.2) is 12.3 Å². The van der Waals surface area contributed by atoms with Crippen molar-refractivity contribution >= 4 is 0 Å². The van der Waals surface area contributed by atoms with Gasteiger partial charge in [0, 0.05) is 12.2 Å². The highest BCUT2D eigenvalue weighted by Gasteiger charge is 1.98. The zero-order chi connectivity index (χ0) is 11.0. The standard InChI is InChI=1S/C13H27N/c1-11(2)8-6-7-9-13(5)14-10-12(3)4/h11-12,14H,5-10H2,1-4H3. The predicted octanol–water partition coefficient (Wildman–Crippen LogP) is 3.96. The molecule has 0 atom stereocenters. The fraction of sp³-hybridized carbons (Fsp3) is 0.846. The van der Waals surface area contributed by atoms with E-state index < -0.39 is 0 Å². The van der Waals surface area contributed by atoms with Gasteiger partial charge in [0.1, 0.15) is 0 Å². The molecule has 0 saturated carbocycles. The van der Waals surface area contributed by atoms with Crippen molar-refractivity contribution in [3.05, 3.63) is 12.3 Å². The van der Waals surface area contributed by atoms with Gasteiger partial charge in [-0.2, -0.15) is 0 Å². The Balaban J connectivity index is 3.27. The molecule has 0 aromatic carbocycles. The zero-order valence-electron chi connectivity index (χ0n) is 10.4. The summed E-state index contributed by atoms with van der Waals surface area (Å²) in [6.45, 7) is 14.1. The van der Waals surface area contributed by atoms with Crippen molar-refractivity contribution in [2.75, 3.05) is 6.54 Å². The van der Waals surface area contributed by atoms with E-state index in [1.165, 1.54) is 25.0 Å². The van der Waals surface area contributed by atoms with Crippen molar-refractivity contribution in [3.63, 3.8) is 0 Å². The molecule has 1 nitrogen and oxygen atoms in total. The van der Waals surface area contributed by atoms with Crippen LogP contribution in [0.25, 0.3) is 0 Å². The van der Waals surface area contributed by atoms with Gasteiger partial charge in [0.2, 0.25) is 0 Å². The lowest BCUT2D eigenvalue weighted by Crippen LogP contribution is -2.18. The van der Waals surface area contributed by atoms with Crippen LogP contribution in [0.2, 0.25) is 0 Å². The highest BCUT2D eigenvalue weighted by Crippen LogP contribution is 2.10. The third-order valence-electron chi connectivity index (χ3n) is 2.27. The molecule has 0 aromatic heterocycles. The molecule has 84 valence electrons. The van der Waals surface area contributed by atoms with Crippen LogP contribution in [0, 0.1) is 11.8 Å². The van der Waals surface area contributed by atoms with E-state index in [0.29, 0.717) is 5.92 Å². The van der Waals surface area contributed by atoms with E-state index in [1.807, 2.05) is 0 Å². The second-order valence-corrected chi connectivity index (χ2v) is 5.02. The van der Waals surface area contributed by atoms with Gasteiger partial charge in [0.05, 0.1) is 0 Å². The van der Waals surface area contributed by atoms with Crippen molar-refractivity contribution in [1.29, 1.82) is 0 Å². The lowest BCUT2D eigenvalue weighted by Gasteiger charge is -2.11. The Morgan fingerprint density at radius 3 is 2.21 bits per heavy atom. The summed E-state index contributed by atoms with van der Waals surface area (Å²) in [4.78, 5) is 0. The summed E-state index contributed by atoms with van der Waals surface area (Å²) in [6.07, 6.45) is 5.10. The van der Waals surface area contributed by atoms with Gasteiger partial charge < -0.3 is 5.32 Å². The molecule has 0 heterocycles. The molecule has 0 unspecified atom stereocenters. The quantitative estimate of drug-likeness (QED) is 0.581. The van der Waals surface area contributed by atoms with E-state index in [-0.39, 0.29) is 0 Å². The summed E-state index contributed by atoms with van der Waals surface area (Å²) < 4.78 is 0. The van der Waals surface area contributed by atoms with Crippen LogP contribution in [0.5, 0.6) is 0 Å². The highest BCUT2D eigenvalue weighted by molar-refractivity contribution is 4.90. The summed E-state index contributed by atoms with van der Waals surface area (Å²) in [5.41, 5.74) is 1.21. The molecule has 0 radical (unpaired) electrons. The van der Waals surface area contributed by atoms with Gasteiger partial charge in [0.25, 0.3) is 0 Å². The first-order valence-corrected chi connectivity index (χ1v) is 5.94. The van der Waals surface area contributed by atoms with Crippen molar-refractivity contribution in [3.8, 4) is 0 Å². The Hall–Kier alpha value is -0.460. The topological polar surface area (TPSA) is 12.0 Å². The van der Waals surface area contributed by atoms with Crippen LogP contribution < -0.4 is 5.32 Å². The molecule has 1 N–H and O–H groups in total. The van der Waals surface area contributed by atoms with Crippen LogP contribution in [-0.2, 0) is 0 Å². The first-order chi connectivity index (χ1) is 6.52. The average molecular weight is 197 g/mol. The van der Waals surface area contributed by atoms with Crippen LogP contribution in [0.3, 0.4) is 0 Å². The Kier molecular flexibility index (Phi) is 7.64. The average Bonchev–Trinajstić information content (AvgIpc) is 2.08. The van der Waals surface area contributed by atoms with Gasteiger partial charge in [-0.05, 0) is 24.7 Å². The lowest BCUT2D eigenvalue weighted by molar-refractivity contribution is 0.525. The molecule has 0 rings (SSSR count). The Morgan fingerprint density at radius 2 is 1.71 bits per heavy atom. The molecule has 0 saturated heterocycles. The minimum atomic E-state index is 0.711. The predicted molar refractivity (Wildman–Crippen MR) is 65.3 cm³/mol. The summed E-state index contributed by atoms with van der Waals surface area (Å²) in [6, 6.07) is 0. The molecule has 0 aliphatic heterocycles. The molecule has 0 aliphatic carbocycles. The maximum atomic E-state index is 4.03. The van der Waals surface area contributed by atoms with Gasteiger partial charge in [-0.25, -0.2) is 0 Å². The molecule has 0 amide bonds. The largest absolute Gasteiger partial charge is 0.389 e. The van der Waals surface area contributed by atoms with Gasteiger partial charge in [0.15, 0.2) is 0 Å². The fourth-order valence-corrected chi connectivity index (χ4v) is 1.33. The third-order valence-corrected chi connectivity index (χ3v) is 2.27. The number of hydrogen-bond acceptors (Lipinski definition) is 1. The van der Waals surface area contributed by atoms with E-state index in [9.17, 15) is 0 Å². The molecule has 0 spiro atoms. The first-order valence-electron chi connectivity index (χ1n) is 5.94. The monoisotopic (exact) mass is 197 g/mol. The van der Waals surface area contributed by atoms with Gasteiger partial charge >= 0.3 is 0 Å². The minimum absolute atomic E-state index is 0.711. The molecular formula is C13H27N. The van der Waals surface area contributed by atoms with Gasteiger partial charge in [-0.15, -0.1) is 0 Å². The van der Waals surface area contributed by atoms with Crippen LogP contribution in [-0.4, -0.2) is 6.54 Å². The van der Waals surface area contributed by atoms with Crippen molar-refractivity contribution in [1.82, 2.24) is 5.32 Å². The van der Waals surface area contributed by atoms with E-state index in [0.717, 1.165) is 18.9 Å². The molecule has 0 bridgehead atoms. The van der Waals surface area contributed by atoms with Crippen LogP contribution >= 0.6 is 0 Å². The smallest absolute Gasteiger partial charge is 0.0166 e. The molecule has 0 aliphatic rings. The Bertz CT molecular complexity index is 147. The first kappa shape index (κ1) is 13.5. The van der Waals surface area contributed by atoms with Crippen LogP contribution in [0.1, 0.15) is 53.4 Å². The summed E-state index contributed by atoms with van der Waals surface area (Å²) >= 11 is 0. The second-order valence-electron chi connectivity index (χ2n) is 5.02. The number of unbranched alkanes of at least 4 members (excludes halogenated alkanes) is 1. The van der Waals surface area contributed by atoms with E-state index in [2.05, 4.69) is 39.6 Å². The van der Waals surface area contributed by atoms with Crippen molar-refractivity contribution in [2.24, 2.45) is 11.8 Å². The normalized spacial score (nSPS) is 11.0. The zero-order valence-corrected chi connectivity index (χ0v) is 10.4. The maximum absolute atomic E-state index is 4.03. The Labute approximate surface area is 90.0 Å².